The summed E-state index contributed by atoms with van der Waals surface area (Å²) in [5, 5.41) is 22.0. The normalized spacial score (nSPS) is 47.8. The van der Waals surface area contributed by atoms with Gasteiger partial charge in [0, 0.05) is 13.2 Å². The molecule has 0 saturated carbocycles. The van der Waals surface area contributed by atoms with Gasteiger partial charge in [0.25, 0.3) is 0 Å². The van der Waals surface area contributed by atoms with Crippen molar-refractivity contribution in [1.29, 1.82) is 0 Å². The first-order valence-corrected chi connectivity index (χ1v) is 4.98. The van der Waals surface area contributed by atoms with Crippen LogP contribution < -0.4 is 5.32 Å². The standard InChI is InChI=1S/C9H17NO4/c1-13-9-7-3-5(12)2-6(10-7)8(4-11)14-9/h5-12H,2-4H2,1H3/t5-,6-,7+,8-,9+/m1/s1. The van der Waals surface area contributed by atoms with Crippen molar-refractivity contribution in [3.05, 3.63) is 0 Å². The summed E-state index contributed by atoms with van der Waals surface area (Å²) >= 11 is 0. The predicted octanol–water partition coefficient (Wildman–Crippen LogP) is -1.17. The summed E-state index contributed by atoms with van der Waals surface area (Å²) < 4.78 is 10.7. The van der Waals surface area contributed by atoms with E-state index in [1.54, 1.807) is 7.11 Å². The number of aliphatic hydroxyl groups is 2. The Morgan fingerprint density at radius 2 is 2.14 bits per heavy atom. The first-order chi connectivity index (χ1) is 6.74. The minimum atomic E-state index is -0.363. The van der Waals surface area contributed by atoms with Crippen molar-refractivity contribution in [3.63, 3.8) is 0 Å². The number of methoxy groups -OCH3 is 1. The molecule has 2 bridgehead atoms. The fraction of sp³-hybridized carbons (Fsp3) is 1.00. The van der Waals surface area contributed by atoms with Crippen molar-refractivity contribution in [2.24, 2.45) is 0 Å². The fourth-order valence-electron chi connectivity index (χ4n) is 2.29. The van der Waals surface area contributed by atoms with Crippen LogP contribution in [0.4, 0.5) is 0 Å². The molecule has 2 aliphatic rings. The summed E-state index contributed by atoms with van der Waals surface area (Å²) in [6.45, 7) is -0.0447. The van der Waals surface area contributed by atoms with Gasteiger partial charge in [-0.3, -0.25) is 0 Å². The molecule has 82 valence electrons. The van der Waals surface area contributed by atoms with Gasteiger partial charge >= 0.3 is 0 Å². The van der Waals surface area contributed by atoms with Crippen molar-refractivity contribution >= 4 is 0 Å². The Kier molecular flexibility index (Phi) is 3.04. The van der Waals surface area contributed by atoms with E-state index >= 15 is 0 Å². The molecule has 5 heteroatoms. The molecule has 0 aromatic rings. The molecule has 2 aliphatic heterocycles. The average molecular weight is 203 g/mol. The quantitative estimate of drug-likeness (QED) is 0.527. The Bertz CT molecular complexity index is 183. The largest absolute Gasteiger partial charge is 0.394 e. The number of morpholine rings is 1. The summed E-state index contributed by atoms with van der Waals surface area (Å²) in [6.07, 6.45) is 0.331. The third-order valence-corrected chi connectivity index (χ3v) is 2.98. The molecule has 2 saturated heterocycles. The summed E-state index contributed by atoms with van der Waals surface area (Å²) in [4.78, 5) is 0. The third-order valence-electron chi connectivity index (χ3n) is 2.98. The molecule has 0 aromatic carbocycles. The zero-order chi connectivity index (χ0) is 10.1. The lowest BCUT2D eigenvalue weighted by molar-refractivity contribution is -0.228. The minimum Gasteiger partial charge on any atom is -0.394 e. The molecular weight excluding hydrogens is 186 g/mol. The number of hydrogen-bond acceptors (Lipinski definition) is 5. The van der Waals surface area contributed by atoms with Gasteiger partial charge in [-0.25, -0.2) is 0 Å². The van der Waals surface area contributed by atoms with E-state index in [-0.39, 0.29) is 37.2 Å². The fourth-order valence-corrected chi connectivity index (χ4v) is 2.29. The second kappa shape index (κ2) is 4.12. The Labute approximate surface area is 83.0 Å². The average Bonchev–Trinajstić information content (AvgIpc) is 2.18. The van der Waals surface area contributed by atoms with E-state index in [0.717, 1.165) is 0 Å². The van der Waals surface area contributed by atoms with Crippen LogP contribution in [0.1, 0.15) is 12.8 Å². The number of piperidine rings is 1. The number of rotatable bonds is 2. The van der Waals surface area contributed by atoms with Crippen LogP contribution in [0.2, 0.25) is 0 Å². The maximum Gasteiger partial charge on any atom is 0.173 e. The highest BCUT2D eigenvalue weighted by atomic mass is 16.7. The molecule has 0 radical (unpaired) electrons. The van der Waals surface area contributed by atoms with Crippen molar-refractivity contribution in [1.82, 2.24) is 5.32 Å². The maximum atomic E-state index is 9.61. The first kappa shape index (κ1) is 10.3. The van der Waals surface area contributed by atoms with Crippen LogP contribution in [0.3, 0.4) is 0 Å². The Balaban J connectivity index is 2.07. The minimum absolute atomic E-state index is 0.0385. The van der Waals surface area contributed by atoms with Gasteiger partial charge in [-0.1, -0.05) is 0 Å². The van der Waals surface area contributed by atoms with Crippen molar-refractivity contribution < 1.29 is 19.7 Å². The van der Waals surface area contributed by atoms with Crippen LogP contribution in [0.5, 0.6) is 0 Å². The summed E-state index contributed by atoms with van der Waals surface area (Å²) in [7, 11) is 1.57. The molecule has 0 aromatic heterocycles. The van der Waals surface area contributed by atoms with E-state index in [4.69, 9.17) is 14.6 Å². The van der Waals surface area contributed by atoms with E-state index in [0.29, 0.717) is 12.8 Å². The van der Waals surface area contributed by atoms with Gasteiger partial charge < -0.3 is 25.0 Å². The molecule has 5 nitrogen and oxygen atoms in total. The Morgan fingerprint density at radius 1 is 1.43 bits per heavy atom. The zero-order valence-corrected chi connectivity index (χ0v) is 8.22. The smallest absolute Gasteiger partial charge is 0.173 e. The molecule has 2 heterocycles. The molecule has 0 amide bonds. The monoisotopic (exact) mass is 203 g/mol. The molecular formula is C9H17NO4. The van der Waals surface area contributed by atoms with Gasteiger partial charge in [0.05, 0.1) is 24.9 Å². The van der Waals surface area contributed by atoms with E-state index in [1.807, 2.05) is 0 Å². The highest BCUT2D eigenvalue weighted by Crippen LogP contribution is 2.26. The van der Waals surface area contributed by atoms with E-state index in [9.17, 15) is 5.11 Å². The molecule has 5 atom stereocenters. The first-order valence-electron chi connectivity index (χ1n) is 4.98. The van der Waals surface area contributed by atoms with Crippen LogP contribution in [0.25, 0.3) is 0 Å². The van der Waals surface area contributed by atoms with Crippen LogP contribution in [-0.4, -0.2) is 54.5 Å². The lowest BCUT2D eigenvalue weighted by Gasteiger charge is -2.46. The molecule has 14 heavy (non-hydrogen) atoms. The molecule has 2 rings (SSSR count). The number of hydrogen-bond donors (Lipinski definition) is 3. The molecule has 3 N–H and O–H groups in total. The third kappa shape index (κ3) is 1.78. The molecule has 2 fully saturated rings. The molecule has 0 aliphatic carbocycles. The van der Waals surface area contributed by atoms with Gasteiger partial charge in [-0.05, 0) is 12.8 Å². The van der Waals surface area contributed by atoms with Gasteiger partial charge in [-0.15, -0.1) is 0 Å². The SMILES string of the molecule is CO[C@H]1O[C@H](CO)[C@H]2C[C@@H](O)C[C@@H]1N2. The summed E-state index contributed by atoms with van der Waals surface area (Å²) in [5.74, 6) is 0. The van der Waals surface area contributed by atoms with Gasteiger partial charge in [0.15, 0.2) is 6.29 Å². The predicted molar refractivity (Wildman–Crippen MR) is 48.7 cm³/mol. The summed E-state index contributed by atoms with van der Waals surface area (Å²) in [6, 6.07) is 0.0803. The zero-order valence-electron chi connectivity index (χ0n) is 8.22. The Morgan fingerprint density at radius 3 is 2.79 bits per heavy atom. The van der Waals surface area contributed by atoms with Crippen molar-refractivity contribution in [2.75, 3.05) is 13.7 Å². The van der Waals surface area contributed by atoms with E-state index < -0.39 is 0 Å². The second-order valence-electron chi connectivity index (χ2n) is 3.97. The topological polar surface area (TPSA) is 71.0 Å². The number of nitrogens with one attached hydrogen (secondary N) is 1. The van der Waals surface area contributed by atoms with Gasteiger partial charge in [-0.2, -0.15) is 0 Å². The summed E-state index contributed by atoms with van der Waals surface area (Å²) in [5.41, 5.74) is 0. The number of aliphatic hydroxyl groups excluding tert-OH is 2. The van der Waals surface area contributed by atoms with Crippen LogP contribution >= 0.6 is 0 Å². The lowest BCUT2D eigenvalue weighted by atomic mass is 9.90. The van der Waals surface area contributed by atoms with Gasteiger partial charge in [0.2, 0.25) is 0 Å². The Hall–Kier alpha value is -0.200. The number of ether oxygens (including phenoxy) is 2. The second-order valence-corrected chi connectivity index (χ2v) is 3.97. The van der Waals surface area contributed by atoms with E-state index in [2.05, 4.69) is 5.32 Å². The molecule has 0 unspecified atom stereocenters. The van der Waals surface area contributed by atoms with Crippen LogP contribution in [0.15, 0.2) is 0 Å². The van der Waals surface area contributed by atoms with Gasteiger partial charge in [0.1, 0.15) is 0 Å². The van der Waals surface area contributed by atoms with Crippen LogP contribution in [0, 0.1) is 0 Å². The van der Waals surface area contributed by atoms with Crippen molar-refractivity contribution in [3.8, 4) is 0 Å². The lowest BCUT2D eigenvalue weighted by Crippen LogP contribution is -2.64. The van der Waals surface area contributed by atoms with E-state index in [1.165, 1.54) is 0 Å². The van der Waals surface area contributed by atoms with Crippen LogP contribution in [-0.2, 0) is 9.47 Å². The highest BCUT2D eigenvalue weighted by molar-refractivity contribution is 4.95. The number of fused-ring (bicyclic) bond motifs is 2. The van der Waals surface area contributed by atoms with Crippen molar-refractivity contribution in [2.45, 2.75) is 43.4 Å². The maximum absolute atomic E-state index is 9.61. The molecule has 0 spiro atoms. The highest BCUT2D eigenvalue weighted by Gasteiger charge is 2.42.